The van der Waals surface area contributed by atoms with E-state index in [9.17, 15) is 4.79 Å². The molecule has 2 saturated carbocycles. The first-order chi connectivity index (χ1) is 15.3. The Morgan fingerprint density at radius 3 is 2.28 bits per heavy atom. The Kier molecular flexibility index (Phi) is 6.93. The molecule has 1 N–H and O–H groups in total. The topological polar surface area (TPSA) is 46.5 Å². The van der Waals surface area contributed by atoms with Gasteiger partial charge in [0, 0.05) is 0 Å². The summed E-state index contributed by atoms with van der Waals surface area (Å²) in [5.74, 6) is 1.60. The highest BCUT2D eigenvalue weighted by Crippen LogP contribution is 2.39. The molecule has 0 amide bonds. The van der Waals surface area contributed by atoms with Gasteiger partial charge >= 0.3 is 5.97 Å². The molecule has 3 heteroatoms. The highest BCUT2D eigenvalue weighted by molar-refractivity contribution is 5.71. The molecule has 0 radical (unpaired) electrons. The molecule has 32 heavy (non-hydrogen) atoms. The Morgan fingerprint density at radius 2 is 1.66 bits per heavy atom. The van der Waals surface area contributed by atoms with Crippen molar-refractivity contribution in [2.75, 3.05) is 0 Å². The lowest BCUT2D eigenvalue weighted by atomic mass is 9.72. The predicted octanol–water partition coefficient (Wildman–Crippen LogP) is 7.38. The van der Waals surface area contributed by atoms with Crippen molar-refractivity contribution in [3.05, 3.63) is 54.1 Å². The fourth-order valence-electron chi connectivity index (χ4n) is 5.42. The minimum Gasteiger partial charge on any atom is -0.490 e. The Hall–Kier alpha value is -2.29. The first kappa shape index (κ1) is 22.9. The van der Waals surface area contributed by atoms with Gasteiger partial charge in [-0.2, -0.15) is 0 Å². The number of hydrogen-bond acceptors (Lipinski definition) is 2. The zero-order valence-corrected chi connectivity index (χ0v) is 19.8. The van der Waals surface area contributed by atoms with Crippen LogP contribution < -0.4 is 4.74 Å². The van der Waals surface area contributed by atoms with Crippen LogP contribution >= 0.6 is 0 Å². The standard InChI is InChI=1S/C29H38O3/c1-29(2,3)25-11-15-27(16-12-25)32-26-13-9-22(10-14-26)23-6-4-5-20(17-23)7-8-21-18-24(19-21)28(30)31/h4-6,9-10,13-14,17,21,24-25,27H,7-8,11-12,15-16,18-19H2,1-3H3,(H,30,31). The van der Waals surface area contributed by atoms with E-state index in [1.54, 1.807) is 0 Å². The molecule has 2 aliphatic carbocycles. The first-order valence-electron chi connectivity index (χ1n) is 12.4. The number of carboxylic acid groups (broad SMARTS) is 1. The Bertz CT molecular complexity index is 895. The molecule has 0 unspecified atom stereocenters. The molecular weight excluding hydrogens is 396 g/mol. The summed E-state index contributed by atoms with van der Waals surface area (Å²) in [6.07, 6.45) is 8.95. The van der Waals surface area contributed by atoms with E-state index in [-0.39, 0.29) is 5.92 Å². The lowest BCUT2D eigenvalue weighted by Crippen LogP contribution is -2.30. The van der Waals surface area contributed by atoms with Crippen LogP contribution in [-0.4, -0.2) is 17.2 Å². The van der Waals surface area contributed by atoms with E-state index in [1.165, 1.54) is 29.5 Å². The largest absolute Gasteiger partial charge is 0.490 e. The van der Waals surface area contributed by atoms with Gasteiger partial charge in [-0.05, 0) is 97.4 Å². The number of hydrogen-bond donors (Lipinski definition) is 1. The molecule has 0 heterocycles. The summed E-state index contributed by atoms with van der Waals surface area (Å²) < 4.78 is 6.30. The van der Waals surface area contributed by atoms with Crippen molar-refractivity contribution >= 4 is 5.97 Å². The fraction of sp³-hybridized carbons (Fsp3) is 0.552. The number of ether oxygens (including phenoxy) is 1. The average Bonchev–Trinajstić information content (AvgIpc) is 2.73. The maximum absolute atomic E-state index is 11.0. The van der Waals surface area contributed by atoms with Crippen molar-refractivity contribution in [2.24, 2.45) is 23.2 Å². The van der Waals surface area contributed by atoms with Gasteiger partial charge in [-0.3, -0.25) is 4.79 Å². The van der Waals surface area contributed by atoms with Gasteiger partial charge in [-0.15, -0.1) is 0 Å². The van der Waals surface area contributed by atoms with Crippen molar-refractivity contribution in [1.29, 1.82) is 0 Å². The van der Waals surface area contributed by atoms with Gasteiger partial charge in [0.25, 0.3) is 0 Å². The van der Waals surface area contributed by atoms with Gasteiger partial charge in [0.2, 0.25) is 0 Å². The van der Waals surface area contributed by atoms with Crippen molar-refractivity contribution in [3.8, 4) is 16.9 Å². The minimum absolute atomic E-state index is 0.111. The summed E-state index contributed by atoms with van der Waals surface area (Å²) >= 11 is 0. The Balaban J connectivity index is 1.29. The van der Waals surface area contributed by atoms with Crippen molar-refractivity contribution < 1.29 is 14.6 Å². The quantitative estimate of drug-likeness (QED) is 0.494. The highest BCUT2D eigenvalue weighted by Gasteiger charge is 2.33. The molecule has 0 aromatic heterocycles. The SMILES string of the molecule is CC(C)(C)C1CCC(Oc2ccc(-c3cccc(CCC4CC(C(=O)O)C4)c3)cc2)CC1. The van der Waals surface area contributed by atoms with E-state index in [0.29, 0.717) is 17.4 Å². The fourth-order valence-corrected chi connectivity index (χ4v) is 5.42. The number of benzene rings is 2. The summed E-state index contributed by atoms with van der Waals surface area (Å²) in [6.45, 7) is 7.07. The van der Waals surface area contributed by atoms with Gasteiger partial charge in [0.1, 0.15) is 5.75 Å². The summed E-state index contributed by atoms with van der Waals surface area (Å²) in [6, 6.07) is 17.3. The maximum Gasteiger partial charge on any atom is 0.306 e. The van der Waals surface area contributed by atoms with Crippen LogP contribution in [0.5, 0.6) is 5.75 Å². The van der Waals surface area contributed by atoms with E-state index in [4.69, 9.17) is 9.84 Å². The van der Waals surface area contributed by atoms with E-state index in [2.05, 4.69) is 69.3 Å². The number of carboxylic acids is 1. The van der Waals surface area contributed by atoms with Crippen LogP contribution in [-0.2, 0) is 11.2 Å². The van der Waals surface area contributed by atoms with Gasteiger partial charge < -0.3 is 9.84 Å². The molecule has 2 aliphatic rings. The van der Waals surface area contributed by atoms with Crippen molar-refractivity contribution in [1.82, 2.24) is 0 Å². The zero-order valence-electron chi connectivity index (χ0n) is 19.8. The summed E-state index contributed by atoms with van der Waals surface area (Å²) in [7, 11) is 0. The number of rotatable bonds is 7. The first-order valence-corrected chi connectivity index (χ1v) is 12.4. The maximum atomic E-state index is 11.0. The van der Waals surface area contributed by atoms with E-state index in [1.807, 2.05) is 0 Å². The number of aryl methyl sites for hydroxylation is 1. The van der Waals surface area contributed by atoms with Gasteiger partial charge in [-0.1, -0.05) is 57.2 Å². The summed E-state index contributed by atoms with van der Waals surface area (Å²) in [5.41, 5.74) is 4.18. The summed E-state index contributed by atoms with van der Waals surface area (Å²) in [4.78, 5) is 11.0. The van der Waals surface area contributed by atoms with Gasteiger partial charge in [-0.25, -0.2) is 0 Å². The van der Waals surface area contributed by atoms with E-state index < -0.39 is 5.97 Å². The summed E-state index contributed by atoms with van der Waals surface area (Å²) in [5, 5.41) is 9.04. The van der Waals surface area contributed by atoms with Gasteiger partial charge in [0.15, 0.2) is 0 Å². The lowest BCUT2D eigenvalue weighted by Gasteiger charge is -2.36. The van der Waals surface area contributed by atoms with Crippen LogP contribution in [0.4, 0.5) is 0 Å². The number of carbonyl (C=O) groups is 1. The normalized spacial score (nSPS) is 25.7. The van der Waals surface area contributed by atoms with Crippen LogP contribution in [0, 0.1) is 23.2 Å². The third kappa shape index (κ3) is 5.74. The van der Waals surface area contributed by atoms with Crippen molar-refractivity contribution in [3.63, 3.8) is 0 Å². The Labute approximate surface area is 193 Å². The van der Waals surface area contributed by atoms with Crippen LogP contribution in [0.25, 0.3) is 11.1 Å². The van der Waals surface area contributed by atoms with Crippen LogP contribution in [0.1, 0.15) is 71.3 Å². The molecular formula is C29H38O3. The number of aliphatic carboxylic acids is 1. The minimum atomic E-state index is -0.631. The van der Waals surface area contributed by atoms with Crippen molar-refractivity contribution in [2.45, 2.75) is 78.2 Å². The molecule has 3 nitrogen and oxygen atoms in total. The van der Waals surface area contributed by atoms with E-state index >= 15 is 0 Å². The Morgan fingerprint density at radius 1 is 0.969 bits per heavy atom. The van der Waals surface area contributed by atoms with Crippen LogP contribution in [0.15, 0.2) is 48.5 Å². The average molecular weight is 435 g/mol. The zero-order chi connectivity index (χ0) is 22.7. The molecule has 0 aliphatic heterocycles. The molecule has 2 aromatic rings. The third-order valence-electron chi connectivity index (χ3n) is 7.74. The second-order valence-corrected chi connectivity index (χ2v) is 11.1. The molecule has 0 bridgehead atoms. The lowest BCUT2D eigenvalue weighted by molar-refractivity contribution is -0.146. The van der Waals surface area contributed by atoms with Crippen LogP contribution in [0.2, 0.25) is 0 Å². The molecule has 172 valence electrons. The predicted molar refractivity (Wildman–Crippen MR) is 130 cm³/mol. The highest BCUT2D eigenvalue weighted by atomic mass is 16.5. The van der Waals surface area contributed by atoms with E-state index in [0.717, 1.165) is 50.2 Å². The molecule has 0 saturated heterocycles. The van der Waals surface area contributed by atoms with Crippen LogP contribution in [0.3, 0.4) is 0 Å². The second-order valence-electron chi connectivity index (χ2n) is 11.1. The monoisotopic (exact) mass is 434 g/mol. The molecule has 4 rings (SSSR count). The molecule has 0 atom stereocenters. The molecule has 2 fully saturated rings. The molecule has 2 aromatic carbocycles. The van der Waals surface area contributed by atoms with Gasteiger partial charge in [0.05, 0.1) is 12.0 Å². The third-order valence-corrected chi connectivity index (χ3v) is 7.74. The second kappa shape index (κ2) is 9.68. The smallest absolute Gasteiger partial charge is 0.306 e. The molecule has 0 spiro atoms.